The third-order valence-corrected chi connectivity index (χ3v) is 15.1. The molecule has 10 aromatic carbocycles. The molecule has 0 N–H and O–H groups in total. The lowest BCUT2D eigenvalue weighted by Gasteiger charge is -2.32. The molecule has 0 aliphatic rings. The Labute approximate surface area is 417 Å². The van der Waals surface area contributed by atoms with Crippen molar-refractivity contribution in [3.05, 3.63) is 192 Å². The molecule has 4 heteroatoms. The standard InChI is InChI=1S/C67H62N2O2/c1-39(2)51-37-58(68(42-22-13-12-14-23-42)56-31-19-26-47-45-24-17-28-53(66(6,7)8)62(45)70-64(47)56)49-35-33-44-52(40(3)4)38-59(50-36-34-43(51)60(49)61(44)50)69(55-30-16-15-21-41(55)5)57-32-20-27-48-46-25-18-29-54(67(9,10)11)63(46)71-65(48)57/h12-40H,1-11H3. The fourth-order valence-electron chi connectivity index (χ4n) is 11.7. The van der Waals surface area contributed by atoms with Crippen LogP contribution in [0.3, 0.4) is 0 Å². The Morgan fingerprint density at radius 3 is 1.21 bits per heavy atom. The maximum atomic E-state index is 7.19. The molecule has 2 heterocycles. The van der Waals surface area contributed by atoms with Gasteiger partial charge in [-0.2, -0.15) is 0 Å². The summed E-state index contributed by atoms with van der Waals surface area (Å²) in [6.07, 6.45) is 0. The van der Waals surface area contributed by atoms with Gasteiger partial charge in [0.05, 0.1) is 22.7 Å². The van der Waals surface area contributed by atoms with E-state index in [9.17, 15) is 0 Å². The fourth-order valence-corrected chi connectivity index (χ4v) is 11.7. The molecule has 0 atom stereocenters. The number of rotatable bonds is 8. The summed E-state index contributed by atoms with van der Waals surface area (Å²) in [7, 11) is 0. The Morgan fingerprint density at radius 1 is 0.352 bits per heavy atom. The van der Waals surface area contributed by atoms with E-state index in [4.69, 9.17) is 8.83 Å². The third kappa shape index (κ3) is 6.93. The van der Waals surface area contributed by atoms with Crippen molar-refractivity contribution < 1.29 is 8.83 Å². The van der Waals surface area contributed by atoms with Crippen LogP contribution in [0.15, 0.2) is 173 Å². The summed E-state index contributed by atoms with van der Waals surface area (Å²) in [4.78, 5) is 4.94. The highest BCUT2D eigenvalue weighted by Crippen LogP contribution is 2.54. The first-order chi connectivity index (χ1) is 34.1. The predicted molar refractivity (Wildman–Crippen MR) is 304 cm³/mol. The highest BCUT2D eigenvalue weighted by molar-refractivity contribution is 6.30. The van der Waals surface area contributed by atoms with Gasteiger partial charge in [0.2, 0.25) is 0 Å². The lowest BCUT2D eigenvalue weighted by molar-refractivity contribution is 0.572. The first-order valence-corrected chi connectivity index (χ1v) is 25.5. The van der Waals surface area contributed by atoms with Crippen molar-refractivity contribution in [2.45, 2.75) is 98.8 Å². The average molecular weight is 927 g/mol. The zero-order valence-corrected chi connectivity index (χ0v) is 43.0. The second-order valence-electron chi connectivity index (χ2n) is 22.5. The van der Waals surface area contributed by atoms with Gasteiger partial charge >= 0.3 is 0 Å². The smallest absolute Gasteiger partial charge is 0.159 e. The summed E-state index contributed by atoms with van der Waals surface area (Å²) in [5.41, 5.74) is 16.2. The third-order valence-electron chi connectivity index (χ3n) is 15.1. The molecule has 0 fully saturated rings. The number of aryl methyl sites for hydroxylation is 1. The van der Waals surface area contributed by atoms with Crippen molar-refractivity contribution in [2.75, 3.05) is 9.80 Å². The molecule has 0 bridgehead atoms. The molecule has 0 amide bonds. The van der Waals surface area contributed by atoms with E-state index in [-0.39, 0.29) is 22.7 Å². The summed E-state index contributed by atoms with van der Waals surface area (Å²) in [5, 5.41) is 12.0. The van der Waals surface area contributed by atoms with Crippen LogP contribution in [0.2, 0.25) is 0 Å². The zero-order chi connectivity index (χ0) is 49.2. The molecule has 12 aromatic rings. The number of hydrogen-bond donors (Lipinski definition) is 0. The van der Waals surface area contributed by atoms with Crippen LogP contribution in [-0.4, -0.2) is 0 Å². The molecule has 0 aliphatic carbocycles. The van der Waals surface area contributed by atoms with Crippen molar-refractivity contribution in [3.63, 3.8) is 0 Å². The first-order valence-electron chi connectivity index (χ1n) is 25.5. The number of benzene rings is 10. The molecule has 0 saturated heterocycles. The van der Waals surface area contributed by atoms with E-state index in [2.05, 4.69) is 250 Å². The van der Waals surface area contributed by atoms with Crippen molar-refractivity contribution in [2.24, 2.45) is 0 Å². The van der Waals surface area contributed by atoms with Crippen LogP contribution in [-0.2, 0) is 10.8 Å². The van der Waals surface area contributed by atoms with Crippen molar-refractivity contribution in [1.82, 2.24) is 0 Å². The van der Waals surface area contributed by atoms with E-state index in [1.165, 1.54) is 60.1 Å². The molecule has 0 spiro atoms. The number of furan rings is 2. The second kappa shape index (κ2) is 16.2. The maximum Gasteiger partial charge on any atom is 0.159 e. The fraction of sp³-hybridized carbons (Fsp3) is 0.224. The van der Waals surface area contributed by atoms with Crippen LogP contribution in [0.1, 0.15) is 109 Å². The number of para-hydroxylation sites is 6. The number of nitrogens with zero attached hydrogens (tertiary/aromatic N) is 2. The van der Waals surface area contributed by atoms with Gasteiger partial charge in [-0.15, -0.1) is 0 Å². The predicted octanol–water partition coefficient (Wildman–Crippen LogP) is 20.5. The van der Waals surface area contributed by atoms with E-state index in [0.717, 1.165) is 78.0 Å². The van der Waals surface area contributed by atoms with Gasteiger partial charge in [-0.3, -0.25) is 0 Å². The lowest BCUT2D eigenvalue weighted by Crippen LogP contribution is -2.14. The highest BCUT2D eigenvalue weighted by atomic mass is 16.3. The SMILES string of the molecule is Cc1ccccc1N(c1cc(C(C)C)c2ccc3c(N(c4ccccc4)c4cccc5c4oc4c(C(C)(C)C)cccc45)cc(C(C)C)c4ccc1c2c43)c1cccc2c1oc1c(C(C)(C)C)cccc12. The topological polar surface area (TPSA) is 32.8 Å². The van der Waals surface area contributed by atoms with Gasteiger partial charge in [0.15, 0.2) is 11.2 Å². The molecule has 12 rings (SSSR count). The summed E-state index contributed by atoms with van der Waals surface area (Å²) in [5.74, 6) is 0.477. The number of fused-ring (bicyclic) bond motifs is 6. The molecule has 2 aromatic heterocycles. The van der Waals surface area contributed by atoms with Gasteiger partial charge in [0.25, 0.3) is 0 Å². The van der Waals surface area contributed by atoms with Gasteiger partial charge in [-0.1, -0.05) is 191 Å². The normalized spacial score (nSPS) is 12.7. The molecular weight excluding hydrogens is 865 g/mol. The van der Waals surface area contributed by atoms with Crippen molar-refractivity contribution in [3.8, 4) is 0 Å². The zero-order valence-electron chi connectivity index (χ0n) is 43.0. The van der Waals surface area contributed by atoms with Gasteiger partial charge in [0, 0.05) is 54.8 Å². The van der Waals surface area contributed by atoms with Gasteiger partial charge < -0.3 is 18.6 Å². The molecule has 0 unspecified atom stereocenters. The molecule has 71 heavy (non-hydrogen) atoms. The Kier molecular flexibility index (Phi) is 10.2. The average Bonchev–Trinajstić information content (AvgIpc) is 3.93. The number of anilines is 6. The Bertz CT molecular complexity index is 4040. The minimum absolute atomic E-state index is 0.0955. The molecule has 352 valence electrons. The Balaban J connectivity index is 1.20. The largest absolute Gasteiger partial charge is 0.454 e. The van der Waals surface area contributed by atoms with Gasteiger partial charge in [-0.05, 0) is 110 Å². The first kappa shape index (κ1) is 44.6. The monoisotopic (exact) mass is 926 g/mol. The summed E-state index contributed by atoms with van der Waals surface area (Å²) < 4.78 is 14.4. The summed E-state index contributed by atoms with van der Waals surface area (Å²) in [6, 6.07) is 60.7. The maximum absolute atomic E-state index is 7.19. The molecule has 0 saturated carbocycles. The molecule has 0 radical (unpaired) electrons. The second-order valence-corrected chi connectivity index (χ2v) is 22.5. The van der Waals surface area contributed by atoms with E-state index in [0.29, 0.717) is 0 Å². The van der Waals surface area contributed by atoms with Crippen LogP contribution in [0.25, 0.3) is 76.2 Å². The molecular formula is C67H62N2O2. The number of hydrogen-bond acceptors (Lipinski definition) is 4. The van der Waals surface area contributed by atoms with Crippen LogP contribution in [0.4, 0.5) is 34.1 Å². The Hall–Kier alpha value is -7.56. The van der Waals surface area contributed by atoms with Crippen molar-refractivity contribution in [1.29, 1.82) is 0 Å². The lowest BCUT2D eigenvalue weighted by atomic mass is 9.84. The van der Waals surface area contributed by atoms with Crippen LogP contribution >= 0.6 is 0 Å². The minimum Gasteiger partial charge on any atom is -0.454 e. The molecule has 4 nitrogen and oxygen atoms in total. The van der Waals surface area contributed by atoms with Crippen molar-refractivity contribution >= 4 is 110 Å². The van der Waals surface area contributed by atoms with Crippen LogP contribution in [0.5, 0.6) is 0 Å². The van der Waals surface area contributed by atoms with E-state index < -0.39 is 0 Å². The van der Waals surface area contributed by atoms with Gasteiger partial charge in [0.1, 0.15) is 11.2 Å². The van der Waals surface area contributed by atoms with E-state index >= 15 is 0 Å². The summed E-state index contributed by atoms with van der Waals surface area (Å²) >= 11 is 0. The van der Waals surface area contributed by atoms with Crippen LogP contribution < -0.4 is 9.80 Å². The minimum atomic E-state index is -0.0976. The van der Waals surface area contributed by atoms with E-state index in [1.807, 2.05) is 0 Å². The van der Waals surface area contributed by atoms with Gasteiger partial charge in [-0.25, -0.2) is 0 Å². The molecule has 0 aliphatic heterocycles. The quantitative estimate of drug-likeness (QED) is 0.142. The highest BCUT2D eigenvalue weighted by Gasteiger charge is 2.30. The van der Waals surface area contributed by atoms with E-state index in [1.54, 1.807) is 0 Å². The van der Waals surface area contributed by atoms with Crippen LogP contribution in [0, 0.1) is 6.92 Å². The summed E-state index contributed by atoms with van der Waals surface area (Å²) in [6.45, 7) is 25.2. The Morgan fingerprint density at radius 2 is 0.746 bits per heavy atom.